The predicted molar refractivity (Wildman–Crippen MR) is 74.7 cm³/mol. The van der Waals surface area contributed by atoms with Crippen molar-refractivity contribution in [3.63, 3.8) is 0 Å². The normalized spacial score (nSPS) is 9.42. The van der Waals surface area contributed by atoms with Crippen LogP contribution in [0.25, 0.3) is 0 Å². The van der Waals surface area contributed by atoms with E-state index >= 15 is 0 Å². The highest BCUT2D eigenvalue weighted by molar-refractivity contribution is 6.33. The average molecular weight is 268 g/mol. The van der Waals surface area contributed by atoms with E-state index in [1.807, 2.05) is 12.1 Å². The summed E-state index contributed by atoms with van der Waals surface area (Å²) in [4.78, 5) is 0. The highest BCUT2D eigenvalue weighted by atomic mass is 35.5. The number of nitriles is 2. The third-order valence-corrected chi connectivity index (χ3v) is 3.00. The van der Waals surface area contributed by atoms with Crippen molar-refractivity contribution in [1.82, 2.24) is 0 Å². The molecule has 2 aromatic carbocycles. The molecule has 2 rings (SSSR count). The Hall–Kier alpha value is -2.49. The molecule has 0 saturated carbocycles. The van der Waals surface area contributed by atoms with Gasteiger partial charge in [0.25, 0.3) is 0 Å². The van der Waals surface area contributed by atoms with Crippen LogP contribution in [-0.4, -0.2) is 0 Å². The van der Waals surface area contributed by atoms with Gasteiger partial charge in [-0.25, -0.2) is 0 Å². The number of nitrogens with zero attached hydrogens (tertiary/aromatic N) is 2. The van der Waals surface area contributed by atoms with Gasteiger partial charge < -0.3 is 5.32 Å². The van der Waals surface area contributed by atoms with Gasteiger partial charge in [0.15, 0.2) is 0 Å². The van der Waals surface area contributed by atoms with Gasteiger partial charge in [0.1, 0.15) is 6.07 Å². The van der Waals surface area contributed by atoms with E-state index in [0.717, 1.165) is 5.56 Å². The number of anilines is 1. The maximum absolute atomic E-state index is 9.02. The molecule has 0 saturated heterocycles. The second-order valence-corrected chi connectivity index (χ2v) is 4.34. The number of rotatable bonds is 3. The molecule has 0 bridgehead atoms. The second kappa shape index (κ2) is 5.91. The van der Waals surface area contributed by atoms with Crippen molar-refractivity contribution in [2.45, 2.75) is 6.54 Å². The first kappa shape index (κ1) is 13.0. The van der Waals surface area contributed by atoms with Gasteiger partial charge in [0.2, 0.25) is 0 Å². The molecule has 0 aliphatic rings. The Bertz CT molecular complexity index is 663. The lowest BCUT2D eigenvalue weighted by Gasteiger charge is -2.10. The summed E-state index contributed by atoms with van der Waals surface area (Å²) in [5.74, 6) is 0. The molecule has 0 unspecified atom stereocenters. The van der Waals surface area contributed by atoms with E-state index in [-0.39, 0.29) is 0 Å². The molecule has 4 heteroatoms. The van der Waals surface area contributed by atoms with Crippen LogP contribution in [0.4, 0.5) is 5.69 Å². The zero-order chi connectivity index (χ0) is 13.7. The molecule has 0 radical (unpaired) electrons. The van der Waals surface area contributed by atoms with Gasteiger partial charge in [-0.3, -0.25) is 0 Å². The summed E-state index contributed by atoms with van der Waals surface area (Å²) in [6, 6.07) is 16.6. The van der Waals surface area contributed by atoms with E-state index < -0.39 is 0 Å². The molecule has 0 heterocycles. The third kappa shape index (κ3) is 3.04. The van der Waals surface area contributed by atoms with E-state index in [9.17, 15) is 0 Å². The first-order valence-electron chi connectivity index (χ1n) is 5.66. The standard InChI is InChI=1S/C15H10ClN3/c16-14-3-1-2-13(9-18)15(14)19-10-12-6-4-11(8-17)5-7-12/h1-7,19H,10H2. The first-order chi connectivity index (χ1) is 9.24. The lowest BCUT2D eigenvalue weighted by atomic mass is 10.1. The van der Waals surface area contributed by atoms with Gasteiger partial charge in [0.05, 0.1) is 27.9 Å². The Kier molecular flexibility index (Phi) is 4.03. The largest absolute Gasteiger partial charge is 0.379 e. The molecule has 0 aromatic heterocycles. The highest BCUT2D eigenvalue weighted by Crippen LogP contribution is 2.25. The van der Waals surface area contributed by atoms with Gasteiger partial charge >= 0.3 is 0 Å². The fourth-order valence-corrected chi connectivity index (χ4v) is 1.93. The number of para-hydroxylation sites is 1. The van der Waals surface area contributed by atoms with Crippen LogP contribution in [0.15, 0.2) is 42.5 Å². The lowest BCUT2D eigenvalue weighted by molar-refractivity contribution is 1.14. The molecule has 0 fully saturated rings. The van der Waals surface area contributed by atoms with Crippen LogP contribution < -0.4 is 5.32 Å². The topological polar surface area (TPSA) is 59.6 Å². The number of halogens is 1. The molecule has 0 atom stereocenters. The van der Waals surface area contributed by atoms with Crippen LogP contribution in [0.1, 0.15) is 16.7 Å². The average Bonchev–Trinajstić information content (AvgIpc) is 2.46. The van der Waals surface area contributed by atoms with Crippen molar-refractivity contribution in [1.29, 1.82) is 10.5 Å². The maximum Gasteiger partial charge on any atom is 0.101 e. The Morgan fingerprint density at radius 3 is 2.37 bits per heavy atom. The van der Waals surface area contributed by atoms with E-state index in [1.165, 1.54) is 0 Å². The fraction of sp³-hybridized carbons (Fsp3) is 0.0667. The van der Waals surface area contributed by atoms with Gasteiger partial charge in [-0.1, -0.05) is 29.8 Å². The van der Waals surface area contributed by atoms with Crippen LogP contribution in [-0.2, 0) is 6.54 Å². The van der Waals surface area contributed by atoms with Gasteiger partial charge in [-0.05, 0) is 29.8 Å². The molecule has 0 aliphatic carbocycles. The lowest BCUT2D eigenvalue weighted by Crippen LogP contribution is -2.02. The first-order valence-corrected chi connectivity index (χ1v) is 6.04. The highest BCUT2D eigenvalue weighted by Gasteiger charge is 2.05. The van der Waals surface area contributed by atoms with Gasteiger partial charge in [-0.15, -0.1) is 0 Å². The second-order valence-electron chi connectivity index (χ2n) is 3.94. The van der Waals surface area contributed by atoms with Crippen molar-refractivity contribution in [3.05, 3.63) is 64.2 Å². The summed E-state index contributed by atoms with van der Waals surface area (Å²) in [7, 11) is 0. The van der Waals surface area contributed by atoms with E-state index in [0.29, 0.717) is 28.4 Å². The molecule has 0 spiro atoms. The van der Waals surface area contributed by atoms with Crippen molar-refractivity contribution in [2.75, 3.05) is 5.32 Å². The van der Waals surface area contributed by atoms with Crippen LogP contribution in [0.2, 0.25) is 5.02 Å². The molecule has 3 nitrogen and oxygen atoms in total. The minimum absolute atomic E-state index is 0.515. The zero-order valence-corrected chi connectivity index (χ0v) is 10.8. The quantitative estimate of drug-likeness (QED) is 0.922. The Balaban J connectivity index is 2.15. The summed E-state index contributed by atoms with van der Waals surface area (Å²) in [5, 5.41) is 21.4. The third-order valence-electron chi connectivity index (χ3n) is 2.69. The Labute approximate surface area is 116 Å². The minimum Gasteiger partial charge on any atom is -0.379 e. The molecular weight excluding hydrogens is 258 g/mol. The summed E-state index contributed by atoms with van der Waals surface area (Å²) >= 11 is 6.07. The predicted octanol–water partition coefficient (Wildman–Crippen LogP) is 3.70. The van der Waals surface area contributed by atoms with E-state index in [1.54, 1.807) is 30.3 Å². The van der Waals surface area contributed by atoms with E-state index in [2.05, 4.69) is 17.5 Å². The molecule has 0 amide bonds. The minimum atomic E-state index is 0.515. The molecular formula is C15H10ClN3. The monoisotopic (exact) mass is 267 g/mol. The van der Waals surface area contributed by atoms with Crippen LogP contribution in [0, 0.1) is 22.7 Å². The summed E-state index contributed by atoms with van der Waals surface area (Å²) in [5.41, 5.74) is 2.79. The van der Waals surface area contributed by atoms with Crippen LogP contribution in [0.5, 0.6) is 0 Å². The number of nitrogens with one attached hydrogen (secondary N) is 1. The smallest absolute Gasteiger partial charge is 0.101 e. The van der Waals surface area contributed by atoms with Gasteiger partial charge in [-0.2, -0.15) is 10.5 Å². The Morgan fingerprint density at radius 1 is 1.00 bits per heavy atom. The van der Waals surface area contributed by atoms with Crippen molar-refractivity contribution >= 4 is 17.3 Å². The number of hydrogen-bond donors (Lipinski definition) is 1. The summed E-state index contributed by atoms with van der Waals surface area (Å²) in [6.07, 6.45) is 0. The Morgan fingerprint density at radius 2 is 1.74 bits per heavy atom. The molecule has 19 heavy (non-hydrogen) atoms. The maximum atomic E-state index is 9.02. The summed E-state index contributed by atoms with van der Waals surface area (Å²) < 4.78 is 0. The fourth-order valence-electron chi connectivity index (χ4n) is 1.68. The van der Waals surface area contributed by atoms with Crippen LogP contribution >= 0.6 is 11.6 Å². The van der Waals surface area contributed by atoms with Gasteiger partial charge in [0, 0.05) is 6.54 Å². The SMILES string of the molecule is N#Cc1ccc(CNc2c(Cl)cccc2C#N)cc1. The molecule has 1 N–H and O–H groups in total. The van der Waals surface area contributed by atoms with Crippen molar-refractivity contribution in [3.8, 4) is 12.1 Å². The van der Waals surface area contributed by atoms with Crippen molar-refractivity contribution < 1.29 is 0 Å². The number of hydrogen-bond acceptors (Lipinski definition) is 3. The molecule has 2 aromatic rings. The van der Waals surface area contributed by atoms with Crippen molar-refractivity contribution in [2.24, 2.45) is 0 Å². The molecule has 0 aliphatic heterocycles. The number of benzene rings is 2. The molecule has 92 valence electrons. The summed E-state index contributed by atoms with van der Waals surface area (Å²) in [6.45, 7) is 0.546. The van der Waals surface area contributed by atoms with E-state index in [4.69, 9.17) is 22.1 Å². The van der Waals surface area contributed by atoms with Crippen LogP contribution in [0.3, 0.4) is 0 Å². The zero-order valence-electron chi connectivity index (χ0n) is 10.0.